The highest BCUT2D eigenvalue weighted by Gasteiger charge is 1.87. The zero-order valence-corrected chi connectivity index (χ0v) is 17.7. The SMILES string of the molecule is CC(=N)C/C=C/Nc1ccc(C)cc1.CCc1ccc(Cl)cc1.NC(N)=S. The fraction of sp³-hybridized carbons (Fsp3) is 0.238. The minimum absolute atomic E-state index is 0.000000000000000222. The predicted octanol–water partition coefficient (Wildman–Crippen LogP) is 5.44. The fourth-order valence-corrected chi connectivity index (χ4v) is 1.89. The molecule has 4 nitrogen and oxygen atoms in total. The molecule has 6 heteroatoms. The molecule has 0 bridgehead atoms. The zero-order valence-electron chi connectivity index (χ0n) is 16.1. The summed E-state index contributed by atoms with van der Waals surface area (Å²) in [6.45, 7) is 6.00. The fourth-order valence-electron chi connectivity index (χ4n) is 1.76. The summed E-state index contributed by atoms with van der Waals surface area (Å²) in [7, 11) is 0. The predicted molar refractivity (Wildman–Crippen MR) is 124 cm³/mol. The van der Waals surface area contributed by atoms with Crippen LogP contribution in [0.15, 0.2) is 60.8 Å². The second kappa shape index (κ2) is 14.8. The first kappa shape index (κ1) is 24.6. The molecule has 0 radical (unpaired) electrons. The average Bonchev–Trinajstić information content (AvgIpc) is 2.61. The quantitative estimate of drug-likeness (QED) is 0.394. The number of rotatable bonds is 5. The van der Waals surface area contributed by atoms with Crippen LogP contribution in [0.2, 0.25) is 5.02 Å². The highest BCUT2D eigenvalue weighted by molar-refractivity contribution is 7.80. The minimum Gasteiger partial charge on any atom is -0.377 e. The van der Waals surface area contributed by atoms with E-state index in [1.165, 1.54) is 11.1 Å². The van der Waals surface area contributed by atoms with Gasteiger partial charge in [-0.3, -0.25) is 0 Å². The number of hydrogen-bond acceptors (Lipinski definition) is 3. The summed E-state index contributed by atoms with van der Waals surface area (Å²) in [6.07, 6.45) is 5.61. The minimum atomic E-state index is 0.000000000000000222. The Hall–Kier alpha value is -2.37. The molecule has 0 heterocycles. The van der Waals surface area contributed by atoms with Crippen molar-refractivity contribution in [3.05, 3.63) is 77.0 Å². The summed E-state index contributed by atoms with van der Waals surface area (Å²) >= 11 is 9.76. The maximum atomic E-state index is 7.23. The molecule has 0 aliphatic carbocycles. The van der Waals surface area contributed by atoms with Crippen LogP contribution in [0.1, 0.15) is 31.4 Å². The third-order valence-electron chi connectivity index (χ3n) is 3.16. The van der Waals surface area contributed by atoms with Crippen LogP contribution in [-0.4, -0.2) is 10.8 Å². The molecule has 0 unspecified atom stereocenters. The van der Waals surface area contributed by atoms with Crippen molar-refractivity contribution in [2.24, 2.45) is 11.5 Å². The molecule has 0 spiro atoms. The van der Waals surface area contributed by atoms with Gasteiger partial charge in [0.25, 0.3) is 0 Å². The second-order valence-corrected chi connectivity index (χ2v) is 6.69. The highest BCUT2D eigenvalue weighted by Crippen LogP contribution is 2.09. The van der Waals surface area contributed by atoms with Crippen molar-refractivity contribution in [1.29, 1.82) is 5.41 Å². The first-order valence-corrected chi connectivity index (χ1v) is 9.34. The van der Waals surface area contributed by atoms with E-state index in [-0.39, 0.29) is 5.11 Å². The maximum Gasteiger partial charge on any atom is 0.160 e. The molecule has 6 N–H and O–H groups in total. The molecule has 0 amide bonds. The molecule has 27 heavy (non-hydrogen) atoms. The van der Waals surface area contributed by atoms with Crippen LogP contribution in [0.4, 0.5) is 5.69 Å². The molecule has 0 saturated carbocycles. The van der Waals surface area contributed by atoms with Gasteiger partial charge in [-0.05, 0) is 68.5 Å². The third kappa shape index (κ3) is 15.6. The Morgan fingerprint density at radius 2 is 1.63 bits per heavy atom. The Kier molecular flexibility index (Phi) is 13.5. The van der Waals surface area contributed by atoms with Crippen LogP contribution in [0.25, 0.3) is 0 Å². The number of aryl methyl sites for hydroxylation is 2. The number of nitrogens with one attached hydrogen (secondary N) is 2. The van der Waals surface area contributed by atoms with Gasteiger partial charge in [-0.1, -0.05) is 54.4 Å². The van der Waals surface area contributed by atoms with Gasteiger partial charge in [-0.25, -0.2) is 0 Å². The van der Waals surface area contributed by atoms with Gasteiger partial charge in [0.2, 0.25) is 0 Å². The Labute approximate surface area is 173 Å². The van der Waals surface area contributed by atoms with Gasteiger partial charge in [0, 0.05) is 22.8 Å². The molecule has 0 fully saturated rings. The molecule has 0 aliphatic rings. The molecular formula is C21H29ClN4S. The van der Waals surface area contributed by atoms with Gasteiger partial charge in [-0.2, -0.15) is 0 Å². The molecule has 2 aromatic carbocycles. The van der Waals surface area contributed by atoms with E-state index in [1.54, 1.807) is 6.92 Å². The number of benzene rings is 2. The van der Waals surface area contributed by atoms with E-state index in [1.807, 2.05) is 48.7 Å². The van der Waals surface area contributed by atoms with Crippen molar-refractivity contribution in [3.8, 4) is 0 Å². The summed E-state index contributed by atoms with van der Waals surface area (Å²) in [5.74, 6) is 0. The van der Waals surface area contributed by atoms with Gasteiger partial charge in [-0.15, -0.1) is 0 Å². The lowest BCUT2D eigenvalue weighted by Gasteiger charge is -2.00. The molecule has 0 saturated heterocycles. The monoisotopic (exact) mass is 404 g/mol. The van der Waals surface area contributed by atoms with Crippen molar-refractivity contribution in [2.75, 3.05) is 5.32 Å². The van der Waals surface area contributed by atoms with Crippen molar-refractivity contribution in [3.63, 3.8) is 0 Å². The maximum absolute atomic E-state index is 7.23. The zero-order chi connectivity index (χ0) is 20.7. The van der Waals surface area contributed by atoms with Gasteiger partial charge < -0.3 is 22.2 Å². The normalized spacial score (nSPS) is 9.48. The van der Waals surface area contributed by atoms with Crippen molar-refractivity contribution in [1.82, 2.24) is 0 Å². The molecule has 2 rings (SSSR count). The summed E-state index contributed by atoms with van der Waals surface area (Å²) < 4.78 is 0. The van der Waals surface area contributed by atoms with Crippen LogP contribution >= 0.6 is 23.8 Å². The van der Waals surface area contributed by atoms with E-state index < -0.39 is 0 Å². The van der Waals surface area contributed by atoms with Crippen LogP contribution in [0.3, 0.4) is 0 Å². The number of hydrogen-bond donors (Lipinski definition) is 4. The van der Waals surface area contributed by atoms with Crippen molar-refractivity contribution >= 4 is 40.3 Å². The van der Waals surface area contributed by atoms with E-state index >= 15 is 0 Å². The van der Waals surface area contributed by atoms with Gasteiger partial charge in [0.1, 0.15) is 0 Å². The molecule has 0 aromatic heterocycles. The molecule has 146 valence electrons. The smallest absolute Gasteiger partial charge is 0.160 e. The van der Waals surface area contributed by atoms with E-state index in [4.69, 9.17) is 17.0 Å². The lowest BCUT2D eigenvalue weighted by molar-refractivity contribution is 1.14. The topological polar surface area (TPSA) is 87.9 Å². The van der Waals surface area contributed by atoms with E-state index in [0.717, 1.165) is 17.1 Å². The van der Waals surface area contributed by atoms with E-state index in [2.05, 4.69) is 55.0 Å². The molecule has 2 aromatic rings. The van der Waals surface area contributed by atoms with Crippen molar-refractivity contribution in [2.45, 2.75) is 33.6 Å². The van der Waals surface area contributed by atoms with Crippen LogP contribution < -0.4 is 16.8 Å². The number of thiocarbonyl (C=S) groups is 1. The summed E-state index contributed by atoms with van der Waals surface area (Å²) in [4.78, 5) is 0. The highest BCUT2D eigenvalue weighted by atomic mass is 35.5. The number of allylic oxidation sites excluding steroid dienone is 1. The molecular weight excluding hydrogens is 376 g/mol. The van der Waals surface area contributed by atoms with Crippen molar-refractivity contribution < 1.29 is 0 Å². The summed E-state index contributed by atoms with van der Waals surface area (Å²) in [5.41, 5.74) is 13.6. The lowest BCUT2D eigenvalue weighted by atomic mass is 10.2. The van der Waals surface area contributed by atoms with Gasteiger partial charge in [0.15, 0.2) is 5.11 Å². The van der Waals surface area contributed by atoms with Gasteiger partial charge >= 0.3 is 0 Å². The standard InChI is InChI=1S/C12H16N2.C8H9Cl.CH4N2S/c1-10-5-7-12(8-6-10)14-9-3-4-11(2)13;1-2-7-3-5-8(9)6-4-7;2-1(3)4/h3,5-9,13-14H,4H2,1-2H3;3-6H,2H2,1H3;(H4,2,3,4)/b9-3+,13-11?;;. The van der Waals surface area contributed by atoms with Crippen LogP contribution in [0, 0.1) is 12.3 Å². The van der Waals surface area contributed by atoms with Gasteiger partial charge in [0.05, 0.1) is 0 Å². The third-order valence-corrected chi connectivity index (χ3v) is 3.42. The van der Waals surface area contributed by atoms with E-state index in [0.29, 0.717) is 12.1 Å². The Morgan fingerprint density at radius 3 is 2.07 bits per heavy atom. The Balaban J connectivity index is 0.000000444. The number of anilines is 1. The van der Waals surface area contributed by atoms with Crippen LogP contribution in [0.5, 0.6) is 0 Å². The van der Waals surface area contributed by atoms with E-state index in [9.17, 15) is 0 Å². The van der Waals surface area contributed by atoms with Crippen LogP contribution in [-0.2, 0) is 6.42 Å². The first-order valence-electron chi connectivity index (χ1n) is 8.56. The summed E-state index contributed by atoms with van der Waals surface area (Å²) in [5, 5.41) is 11.2. The molecule has 0 atom stereocenters. The Bertz CT molecular complexity index is 706. The lowest BCUT2D eigenvalue weighted by Crippen LogP contribution is -2.18. The average molecular weight is 405 g/mol. The largest absolute Gasteiger partial charge is 0.377 e. The first-order chi connectivity index (χ1) is 12.7. The Morgan fingerprint density at radius 1 is 1.11 bits per heavy atom. The number of nitrogens with two attached hydrogens (primary N) is 2. The summed E-state index contributed by atoms with van der Waals surface area (Å²) in [6, 6.07) is 16.1. The number of halogens is 1. The second-order valence-electron chi connectivity index (χ2n) is 5.78. The molecule has 0 aliphatic heterocycles.